The summed E-state index contributed by atoms with van der Waals surface area (Å²) in [5, 5.41) is 5.35. The van der Waals surface area contributed by atoms with E-state index in [4.69, 9.17) is 0 Å². The first kappa shape index (κ1) is 22.5. The molecule has 0 radical (unpaired) electrons. The topological polar surface area (TPSA) is 104 Å². The van der Waals surface area contributed by atoms with Crippen LogP contribution in [0.4, 0.5) is 10.1 Å². The number of sulfonamides is 1. The molecule has 0 bridgehead atoms. The van der Waals surface area contributed by atoms with Crippen LogP contribution in [0.2, 0.25) is 0 Å². The van der Waals surface area contributed by atoms with Crippen LogP contribution in [0, 0.1) is 11.2 Å². The van der Waals surface area contributed by atoms with E-state index >= 15 is 0 Å². The van der Waals surface area contributed by atoms with Crippen LogP contribution < -0.4 is 15.4 Å². The number of rotatable bonds is 7. The molecule has 0 aliphatic carbocycles. The van der Waals surface area contributed by atoms with Crippen LogP contribution in [-0.4, -0.2) is 33.3 Å². The lowest BCUT2D eigenvalue weighted by molar-refractivity contribution is -0.123. The summed E-state index contributed by atoms with van der Waals surface area (Å²) in [6, 6.07) is 11.0. The minimum absolute atomic E-state index is 0.0513. The summed E-state index contributed by atoms with van der Waals surface area (Å²) in [4.78, 5) is 23.9. The zero-order valence-electron chi connectivity index (χ0n) is 16.5. The van der Waals surface area contributed by atoms with E-state index < -0.39 is 21.3 Å². The van der Waals surface area contributed by atoms with Crippen molar-refractivity contribution in [2.24, 2.45) is 5.41 Å². The van der Waals surface area contributed by atoms with Crippen LogP contribution in [0.3, 0.4) is 0 Å². The van der Waals surface area contributed by atoms with E-state index in [0.29, 0.717) is 11.3 Å². The van der Waals surface area contributed by atoms with E-state index in [0.717, 1.165) is 12.1 Å². The fourth-order valence-corrected chi connectivity index (χ4v) is 3.27. The quantitative estimate of drug-likeness (QED) is 0.598. The van der Waals surface area contributed by atoms with Gasteiger partial charge in [0.1, 0.15) is 5.82 Å². The Morgan fingerprint density at radius 2 is 1.66 bits per heavy atom. The number of hydrogen-bond acceptors (Lipinski definition) is 4. The fourth-order valence-electron chi connectivity index (χ4n) is 2.20. The normalized spacial score (nSPS) is 11.7. The Balaban J connectivity index is 1.84. The highest BCUT2D eigenvalue weighted by Crippen LogP contribution is 2.17. The molecule has 2 amide bonds. The van der Waals surface area contributed by atoms with Crippen molar-refractivity contribution >= 4 is 27.5 Å². The molecular weight excluding hydrogens is 397 g/mol. The van der Waals surface area contributed by atoms with Gasteiger partial charge in [-0.15, -0.1) is 0 Å². The molecule has 2 aromatic rings. The lowest BCUT2D eigenvalue weighted by Crippen LogP contribution is -2.34. The summed E-state index contributed by atoms with van der Waals surface area (Å²) in [7, 11) is -3.86. The first-order valence-corrected chi connectivity index (χ1v) is 10.4. The highest BCUT2D eigenvalue weighted by molar-refractivity contribution is 7.89. The molecule has 0 atom stereocenters. The van der Waals surface area contributed by atoms with E-state index in [-0.39, 0.29) is 29.8 Å². The first-order chi connectivity index (χ1) is 13.5. The molecule has 0 unspecified atom stereocenters. The lowest BCUT2D eigenvalue weighted by atomic mass is 9.95. The van der Waals surface area contributed by atoms with Gasteiger partial charge in [-0.25, -0.2) is 17.5 Å². The fraction of sp³-hybridized carbons (Fsp3) is 0.300. The number of amides is 2. The summed E-state index contributed by atoms with van der Waals surface area (Å²) < 4.78 is 39.6. The third-order valence-electron chi connectivity index (χ3n) is 3.90. The Bertz CT molecular complexity index is 984. The van der Waals surface area contributed by atoms with Crippen LogP contribution in [0.1, 0.15) is 31.1 Å². The highest BCUT2D eigenvalue weighted by atomic mass is 32.2. The molecule has 156 valence electrons. The second-order valence-corrected chi connectivity index (χ2v) is 9.16. The van der Waals surface area contributed by atoms with E-state index in [9.17, 15) is 22.4 Å². The molecular formula is C20H24FN3O4S. The summed E-state index contributed by atoms with van der Waals surface area (Å²) in [5.41, 5.74) is 0.408. The van der Waals surface area contributed by atoms with Crippen molar-refractivity contribution in [2.75, 3.05) is 18.4 Å². The SMILES string of the molecule is CC(C)(C)C(=O)Nc1ccc(C(=O)NCCNS(=O)(=O)c2cccc(F)c2)cc1. The molecule has 3 N–H and O–H groups in total. The molecule has 2 rings (SSSR count). The molecule has 0 saturated heterocycles. The standard InChI is InChI=1S/C20H24FN3O4S/c1-20(2,3)19(26)24-16-9-7-14(8-10-16)18(25)22-11-12-23-29(27,28)17-6-4-5-15(21)13-17/h4-10,13,23H,11-12H2,1-3H3,(H,22,25)(H,24,26). The maximum absolute atomic E-state index is 13.2. The average Bonchev–Trinajstić information content (AvgIpc) is 2.65. The van der Waals surface area contributed by atoms with Crippen molar-refractivity contribution in [3.63, 3.8) is 0 Å². The lowest BCUT2D eigenvalue weighted by Gasteiger charge is -2.17. The Kier molecular flexibility index (Phi) is 7.10. The van der Waals surface area contributed by atoms with Crippen molar-refractivity contribution in [3.8, 4) is 0 Å². The number of halogens is 1. The Labute approximate surface area is 169 Å². The van der Waals surface area contributed by atoms with Gasteiger partial charge in [0.2, 0.25) is 15.9 Å². The molecule has 29 heavy (non-hydrogen) atoms. The molecule has 9 heteroatoms. The number of carbonyl (C=O) groups is 2. The van der Waals surface area contributed by atoms with Crippen LogP contribution in [0.15, 0.2) is 53.4 Å². The Morgan fingerprint density at radius 1 is 1.00 bits per heavy atom. The van der Waals surface area contributed by atoms with E-state index in [1.165, 1.54) is 12.1 Å². The van der Waals surface area contributed by atoms with Crippen molar-refractivity contribution in [2.45, 2.75) is 25.7 Å². The number of nitrogens with one attached hydrogen (secondary N) is 3. The van der Waals surface area contributed by atoms with E-state index in [1.807, 2.05) is 0 Å². The van der Waals surface area contributed by atoms with Gasteiger partial charge >= 0.3 is 0 Å². The van der Waals surface area contributed by atoms with E-state index in [2.05, 4.69) is 15.4 Å². The second kappa shape index (κ2) is 9.15. The van der Waals surface area contributed by atoms with Crippen LogP contribution in [0.25, 0.3) is 0 Å². The summed E-state index contributed by atoms with van der Waals surface area (Å²) in [5.74, 6) is -1.17. The monoisotopic (exact) mass is 421 g/mol. The number of benzene rings is 2. The van der Waals surface area contributed by atoms with Crippen molar-refractivity contribution in [3.05, 3.63) is 59.9 Å². The molecule has 0 saturated carbocycles. The summed E-state index contributed by atoms with van der Waals surface area (Å²) in [6.45, 7) is 5.40. The van der Waals surface area contributed by atoms with Gasteiger partial charge in [-0.2, -0.15) is 0 Å². The zero-order valence-corrected chi connectivity index (χ0v) is 17.3. The molecule has 0 aliphatic rings. The number of anilines is 1. The van der Waals surface area contributed by atoms with Gasteiger partial charge in [-0.1, -0.05) is 26.8 Å². The largest absolute Gasteiger partial charge is 0.351 e. The third-order valence-corrected chi connectivity index (χ3v) is 5.35. The summed E-state index contributed by atoms with van der Waals surface area (Å²) >= 11 is 0. The Hall–Kier alpha value is -2.78. The average molecular weight is 421 g/mol. The number of hydrogen-bond donors (Lipinski definition) is 3. The van der Waals surface area contributed by atoms with Crippen LogP contribution in [-0.2, 0) is 14.8 Å². The minimum atomic E-state index is -3.86. The molecule has 0 heterocycles. The van der Waals surface area contributed by atoms with Crippen LogP contribution in [0.5, 0.6) is 0 Å². The highest BCUT2D eigenvalue weighted by Gasteiger charge is 2.21. The molecule has 0 aliphatic heterocycles. The maximum atomic E-state index is 13.2. The van der Waals surface area contributed by atoms with Crippen molar-refractivity contribution < 1.29 is 22.4 Å². The Morgan fingerprint density at radius 3 is 2.24 bits per heavy atom. The zero-order chi connectivity index (χ0) is 21.7. The molecule has 0 fully saturated rings. The smallest absolute Gasteiger partial charge is 0.251 e. The van der Waals surface area contributed by atoms with Gasteiger partial charge in [-0.3, -0.25) is 9.59 Å². The van der Waals surface area contributed by atoms with Gasteiger partial charge in [0, 0.05) is 29.8 Å². The first-order valence-electron chi connectivity index (χ1n) is 8.94. The van der Waals surface area contributed by atoms with E-state index in [1.54, 1.807) is 45.0 Å². The van der Waals surface area contributed by atoms with Gasteiger partial charge in [0.15, 0.2) is 0 Å². The van der Waals surface area contributed by atoms with Crippen LogP contribution >= 0.6 is 0 Å². The predicted molar refractivity (Wildman–Crippen MR) is 108 cm³/mol. The number of carbonyl (C=O) groups excluding carboxylic acids is 2. The molecule has 0 spiro atoms. The predicted octanol–water partition coefficient (Wildman–Crippen LogP) is 2.52. The maximum Gasteiger partial charge on any atom is 0.251 e. The minimum Gasteiger partial charge on any atom is -0.351 e. The second-order valence-electron chi connectivity index (χ2n) is 7.39. The third kappa shape index (κ3) is 6.65. The van der Waals surface area contributed by atoms with Gasteiger partial charge in [0.05, 0.1) is 4.90 Å². The molecule has 2 aromatic carbocycles. The van der Waals surface area contributed by atoms with Gasteiger partial charge in [0.25, 0.3) is 5.91 Å². The van der Waals surface area contributed by atoms with Gasteiger partial charge < -0.3 is 10.6 Å². The van der Waals surface area contributed by atoms with Crippen molar-refractivity contribution in [1.29, 1.82) is 0 Å². The van der Waals surface area contributed by atoms with Crippen molar-refractivity contribution in [1.82, 2.24) is 10.0 Å². The molecule has 7 nitrogen and oxygen atoms in total. The molecule has 0 aromatic heterocycles. The van der Waals surface area contributed by atoms with Gasteiger partial charge in [-0.05, 0) is 42.5 Å². The summed E-state index contributed by atoms with van der Waals surface area (Å²) in [6.07, 6.45) is 0.